The molecular weight excluding hydrogens is 226 g/mol. The molecule has 0 aliphatic carbocycles. The summed E-state index contributed by atoms with van der Waals surface area (Å²) in [6, 6.07) is 6.49. The van der Waals surface area contributed by atoms with Crippen molar-refractivity contribution in [3.8, 4) is 0 Å². The lowest BCUT2D eigenvalue weighted by molar-refractivity contribution is -0.140. The van der Waals surface area contributed by atoms with Crippen LogP contribution in [0.5, 0.6) is 0 Å². The number of rotatable bonds is 4. The van der Waals surface area contributed by atoms with Gasteiger partial charge in [-0.15, -0.1) is 0 Å². The van der Waals surface area contributed by atoms with Crippen molar-refractivity contribution in [2.24, 2.45) is 0 Å². The van der Waals surface area contributed by atoms with E-state index in [1.807, 2.05) is 0 Å². The highest BCUT2D eigenvalue weighted by Gasteiger charge is 2.06. The first-order valence-corrected chi connectivity index (χ1v) is 4.94. The molecule has 0 aliphatic rings. The highest BCUT2D eigenvalue weighted by Crippen LogP contribution is 2.15. The zero-order chi connectivity index (χ0) is 12.8. The minimum Gasteiger partial charge on any atom is -0.457 e. The van der Waals surface area contributed by atoms with E-state index in [2.05, 4.69) is 6.58 Å². The second-order valence-electron chi connectivity index (χ2n) is 3.49. The molecule has 0 bridgehead atoms. The quantitative estimate of drug-likeness (QED) is 0.592. The molecule has 2 nitrogen and oxygen atoms in total. The van der Waals surface area contributed by atoms with Crippen LogP contribution in [0.25, 0.3) is 6.08 Å². The van der Waals surface area contributed by atoms with E-state index in [4.69, 9.17) is 4.74 Å². The van der Waals surface area contributed by atoms with Crippen LogP contribution >= 0.6 is 0 Å². The van der Waals surface area contributed by atoms with Crippen molar-refractivity contribution in [2.45, 2.75) is 13.5 Å². The fraction of sp³-hybridized carbons (Fsp3) is 0.154. The highest BCUT2D eigenvalue weighted by atomic mass is 19.3. The van der Waals surface area contributed by atoms with Crippen molar-refractivity contribution in [1.29, 1.82) is 0 Å². The molecule has 0 aromatic heterocycles. The number of esters is 1. The number of carbonyl (C=O) groups excluding carboxylic acids is 1. The molecule has 0 N–H and O–H groups in total. The van der Waals surface area contributed by atoms with Crippen molar-refractivity contribution >= 4 is 12.0 Å². The summed E-state index contributed by atoms with van der Waals surface area (Å²) in [7, 11) is 0. The Labute approximate surface area is 98.2 Å². The molecule has 0 aliphatic heterocycles. The molecule has 90 valence electrons. The van der Waals surface area contributed by atoms with Gasteiger partial charge < -0.3 is 4.74 Å². The largest absolute Gasteiger partial charge is 0.457 e. The van der Waals surface area contributed by atoms with Crippen LogP contribution in [-0.2, 0) is 16.1 Å². The molecule has 0 heterocycles. The third-order valence-electron chi connectivity index (χ3n) is 2.03. The van der Waals surface area contributed by atoms with E-state index in [9.17, 15) is 13.6 Å². The summed E-state index contributed by atoms with van der Waals surface area (Å²) in [6.07, 6.45) is -1.05. The minimum absolute atomic E-state index is 0.0500. The maximum absolute atomic E-state index is 12.2. The molecule has 1 rings (SSSR count). The minimum atomic E-state index is -1.79. The third kappa shape index (κ3) is 4.18. The van der Waals surface area contributed by atoms with Crippen LogP contribution in [-0.4, -0.2) is 5.97 Å². The molecule has 0 amide bonds. The number of halogens is 2. The Morgan fingerprint density at radius 1 is 1.41 bits per heavy atom. The second kappa shape index (κ2) is 5.94. The van der Waals surface area contributed by atoms with Crippen LogP contribution in [0.3, 0.4) is 0 Å². The Morgan fingerprint density at radius 3 is 2.65 bits per heavy atom. The number of hydrogen-bond donors (Lipinski definition) is 0. The zero-order valence-electron chi connectivity index (χ0n) is 9.37. The Morgan fingerprint density at radius 2 is 2.06 bits per heavy atom. The maximum atomic E-state index is 12.2. The lowest BCUT2D eigenvalue weighted by Crippen LogP contribution is -2.05. The highest BCUT2D eigenvalue weighted by molar-refractivity contribution is 5.86. The van der Waals surface area contributed by atoms with E-state index in [0.29, 0.717) is 11.1 Å². The van der Waals surface area contributed by atoms with E-state index < -0.39 is 12.0 Å². The van der Waals surface area contributed by atoms with Crippen molar-refractivity contribution in [2.75, 3.05) is 0 Å². The molecule has 0 saturated carbocycles. The summed E-state index contributed by atoms with van der Waals surface area (Å²) in [6.45, 7) is 4.90. The van der Waals surface area contributed by atoms with Crippen LogP contribution in [0.1, 0.15) is 18.1 Å². The van der Waals surface area contributed by atoms with Gasteiger partial charge in [-0.25, -0.2) is 4.79 Å². The predicted molar refractivity (Wildman–Crippen MR) is 61.2 cm³/mol. The van der Waals surface area contributed by atoms with E-state index in [1.54, 1.807) is 18.2 Å². The molecule has 0 atom stereocenters. The summed E-state index contributed by atoms with van der Waals surface area (Å²) in [4.78, 5) is 11.2. The molecule has 4 heteroatoms. The van der Waals surface area contributed by atoms with Gasteiger partial charge in [0, 0.05) is 11.6 Å². The fourth-order valence-electron chi connectivity index (χ4n) is 1.19. The molecule has 0 unspecified atom stereocenters. The van der Waals surface area contributed by atoms with E-state index in [0.717, 1.165) is 6.08 Å². The van der Waals surface area contributed by atoms with Gasteiger partial charge in [-0.1, -0.05) is 30.8 Å². The average molecular weight is 238 g/mol. The van der Waals surface area contributed by atoms with Gasteiger partial charge in [0.05, 0.1) is 0 Å². The number of ether oxygens (including phenoxy) is 1. The van der Waals surface area contributed by atoms with Gasteiger partial charge in [0.15, 0.2) is 0 Å². The first kappa shape index (κ1) is 13.1. The molecule has 0 spiro atoms. The normalized spacial score (nSPS) is 9.59. The van der Waals surface area contributed by atoms with E-state index in [-0.39, 0.29) is 12.2 Å². The zero-order valence-corrected chi connectivity index (χ0v) is 9.37. The van der Waals surface area contributed by atoms with Gasteiger partial charge in [-0.2, -0.15) is 8.78 Å². The molecule has 0 fully saturated rings. The number of hydrogen-bond acceptors (Lipinski definition) is 2. The Kier molecular flexibility index (Phi) is 4.57. The first-order chi connectivity index (χ1) is 8.00. The van der Waals surface area contributed by atoms with Crippen LogP contribution < -0.4 is 0 Å². The Bertz CT molecular complexity index is 460. The van der Waals surface area contributed by atoms with Gasteiger partial charge in [0.2, 0.25) is 0 Å². The Balaban J connectivity index is 2.81. The van der Waals surface area contributed by atoms with Crippen molar-refractivity contribution in [3.05, 3.63) is 53.6 Å². The second-order valence-corrected chi connectivity index (χ2v) is 3.49. The average Bonchev–Trinajstić information content (AvgIpc) is 2.26. The lowest BCUT2D eigenvalue weighted by Gasteiger charge is -2.07. The lowest BCUT2D eigenvalue weighted by atomic mass is 10.1. The first-order valence-electron chi connectivity index (χ1n) is 4.94. The summed E-state index contributed by atoms with van der Waals surface area (Å²) < 4.78 is 29.2. The smallest absolute Gasteiger partial charge is 0.333 e. The van der Waals surface area contributed by atoms with Crippen molar-refractivity contribution < 1.29 is 18.3 Å². The fourth-order valence-corrected chi connectivity index (χ4v) is 1.19. The van der Waals surface area contributed by atoms with E-state index >= 15 is 0 Å². The summed E-state index contributed by atoms with van der Waals surface area (Å²) in [5.41, 5.74) is 1.13. The van der Waals surface area contributed by atoms with Gasteiger partial charge in [-0.3, -0.25) is 0 Å². The van der Waals surface area contributed by atoms with Gasteiger partial charge >= 0.3 is 5.97 Å². The van der Waals surface area contributed by atoms with Crippen LogP contribution in [0.4, 0.5) is 8.78 Å². The maximum Gasteiger partial charge on any atom is 0.333 e. The Hall–Kier alpha value is -1.97. The molecule has 17 heavy (non-hydrogen) atoms. The summed E-state index contributed by atoms with van der Waals surface area (Å²) >= 11 is 0. The summed E-state index contributed by atoms with van der Waals surface area (Å²) in [5.74, 6) is -0.537. The monoisotopic (exact) mass is 238 g/mol. The molecule has 1 aromatic carbocycles. The predicted octanol–water partition coefficient (Wildman–Crippen LogP) is 3.54. The number of carbonyl (C=O) groups is 1. The van der Waals surface area contributed by atoms with E-state index in [1.165, 1.54) is 13.0 Å². The van der Waals surface area contributed by atoms with Crippen molar-refractivity contribution in [1.82, 2.24) is 0 Å². The van der Waals surface area contributed by atoms with Crippen LogP contribution in [0.15, 0.2) is 42.5 Å². The molecule has 0 saturated heterocycles. The van der Waals surface area contributed by atoms with Crippen LogP contribution in [0, 0.1) is 0 Å². The van der Waals surface area contributed by atoms with Gasteiger partial charge in [-0.05, 0) is 18.1 Å². The van der Waals surface area contributed by atoms with Gasteiger partial charge in [0.1, 0.15) is 6.61 Å². The summed E-state index contributed by atoms with van der Waals surface area (Å²) in [5, 5.41) is 0. The van der Waals surface area contributed by atoms with Gasteiger partial charge in [0.25, 0.3) is 6.08 Å². The standard InChI is InChI=1S/C13H12F2O2/c1-9(2)13(16)17-8-11-6-4-3-5-10(11)7-12(14)15/h3-7H,1,8H2,2H3. The SMILES string of the molecule is C=C(C)C(=O)OCc1ccccc1C=C(F)F. The third-order valence-corrected chi connectivity index (χ3v) is 2.03. The number of benzene rings is 1. The molecular formula is C13H12F2O2. The molecule has 0 radical (unpaired) electrons. The molecule has 1 aromatic rings. The topological polar surface area (TPSA) is 26.3 Å². The van der Waals surface area contributed by atoms with Crippen LogP contribution in [0.2, 0.25) is 0 Å². The van der Waals surface area contributed by atoms with Crippen molar-refractivity contribution in [3.63, 3.8) is 0 Å².